The predicted octanol–water partition coefficient (Wildman–Crippen LogP) is 2.39. The zero-order valence-corrected chi connectivity index (χ0v) is 10.8. The lowest BCUT2D eigenvalue weighted by atomic mass is 9.76. The first-order valence-corrected chi connectivity index (χ1v) is 5.97. The van der Waals surface area contributed by atoms with Crippen LogP contribution in [0.2, 0.25) is 0 Å². The minimum atomic E-state index is -0.637. The van der Waals surface area contributed by atoms with Crippen LogP contribution in [-0.4, -0.2) is 35.6 Å². The quantitative estimate of drug-likeness (QED) is 0.747. The van der Waals surface area contributed by atoms with E-state index in [1.54, 1.807) is 0 Å². The summed E-state index contributed by atoms with van der Waals surface area (Å²) in [5, 5.41) is 9.39. The van der Waals surface area contributed by atoms with Crippen LogP contribution in [0.5, 0.6) is 0 Å². The molecule has 1 heterocycles. The van der Waals surface area contributed by atoms with Crippen LogP contribution in [0.3, 0.4) is 0 Å². The molecule has 92 valence electrons. The van der Waals surface area contributed by atoms with Crippen molar-refractivity contribution < 1.29 is 9.90 Å². The van der Waals surface area contributed by atoms with Crippen LogP contribution in [0.15, 0.2) is 11.6 Å². The number of carbonyl (C=O) groups is 1. The maximum absolute atomic E-state index is 11.4. The molecule has 1 N–H and O–H groups in total. The van der Waals surface area contributed by atoms with Gasteiger partial charge in [0.1, 0.15) is 0 Å². The smallest absolute Gasteiger partial charge is 0.311 e. The minimum Gasteiger partial charge on any atom is -0.481 e. The molecular formula is C13H23NO2. The average molecular weight is 225 g/mol. The summed E-state index contributed by atoms with van der Waals surface area (Å²) in [6.07, 6.45) is 2.94. The summed E-state index contributed by atoms with van der Waals surface area (Å²) in [6.45, 7) is 10.6. The fraction of sp³-hybridized carbons (Fsp3) is 0.769. The van der Waals surface area contributed by atoms with Gasteiger partial charge < -0.3 is 5.11 Å². The van der Waals surface area contributed by atoms with Gasteiger partial charge in [-0.3, -0.25) is 9.69 Å². The summed E-state index contributed by atoms with van der Waals surface area (Å²) < 4.78 is 0. The third-order valence-electron chi connectivity index (χ3n) is 3.67. The van der Waals surface area contributed by atoms with Gasteiger partial charge in [-0.05, 0) is 32.7 Å². The third-order valence-corrected chi connectivity index (χ3v) is 3.67. The number of hydrogen-bond donors (Lipinski definition) is 1. The van der Waals surface area contributed by atoms with E-state index in [1.165, 1.54) is 5.57 Å². The van der Waals surface area contributed by atoms with E-state index in [0.29, 0.717) is 6.54 Å². The second kappa shape index (κ2) is 5.00. The lowest BCUT2D eigenvalue weighted by molar-refractivity contribution is -0.150. The lowest BCUT2D eigenvalue weighted by Crippen LogP contribution is -2.39. The van der Waals surface area contributed by atoms with E-state index in [1.807, 2.05) is 13.8 Å². The van der Waals surface area contributed by atoms with E-state index in [0.717, 1.165) is 19.5 Å². The Bertz CT molecular complexity index is 292. The highest BCUT2D eigenvalue weighted by molar-refractivity contribution is 5.75. The number of allylic oxidation sites excluding steroid dienone is 1. The fourth-order valence-corrected chi connectivity index (χ4v) is 2.28. The molecule has 1 fully saturated rings. The number of carboxylic acid groups (broad SMARTS) is 1. The molecule has 16 heavy (non-hydrogen) atoms. The van der Waals surface area contributed by atoms with Crippen molar-refractivity contribution in [2.75, 3.05) is 19.6 Å². The highest BCUT2D eigenvalue weighted by Crippen LogP contribution is 2.37. The van der Waals surface area contributed by atoms with E-state index in [9.17, 15) is 9.90 Å². The van der Waals surface area contributed by atoms with Crippen LogP contribution in [0.1, 0.15) is 34.1 Å². The van der Waals surface area contributed by atoms with Crippen LogP contribution in [0, 0.1) is 11.3 Å². The number of hydrogen-bond acceptors (Lipinski definition) is 2. The van der Waals surface area contributed by atoms with Crippen LogP contribution in [0.4, 0.5) is 0 Å². The van der Waals surface area contributed by atoms with Crippen LogP contribution < -0.4 is 0 Å². The van der Waals surface area contributed by atoms with Crippen molar-refractivity contribution >= 4 is 5.97 Å². The van der Waals surface area contributed by atoms with Crippen LogP contribution in [0.25, 0.3) is 0 Å². The number of carboxylic acids is 1. The van der Waals surface area contributed by atoms with Gasteiger partial charge in [0.2, 0.25) is 0 Å². The van der Waals surface area contributed by atoms with Crippen LogP contribution >= 0.6 is 0 Å². The molecule has 0 spiro atoms. The SMILES string of the molecule is CC(C)=CCN1CCC(C(=O)O)(C(C)C)C1. The number of rotatable bonds is 4. The van der Waals surface area contributed by atoms with Gasteiger partial charge in [0.15, 0.2) is 0 Å². The van der Waals surface area contributed by atoms with Crippen molar-refractivity contribution in [2.45, 2.75) is 34.1 Å². The van der Waals surface area contributed by atoms with Crippen molar-refractivity contribution in [1.82, 2.24) is 4.90 Å². The molecule has 3 heteroatoms. The van der Waals surface area contributed by atoms with E-state index in [-0.39, 0.29) is 5.92 Å². The average Bonchev–Trinajstić information content (AvgIpc) is 2.59. The largest absolute Gasteiger partial charge is 0.481 e. The highest BCUT2D eigenvalue weighted by Gasteiger charge is 2.46. The van der Waals surface area contributed by atoms with E-state index in [4.69, 9.17) is 0 Å². The molecule has 1 saturated heterocycles. The predicted molar refractivity (Wildman–Crippen MR) is 65.4 cm³/mol. The summed E-state index contributed by atoms with van der Waals surface area (Å²) in [6, 6.07) is 0. The zero-order chi connectivity index (χ0) is 12.3. The first-order chi connectivity index (χ1) is 7.38. The summed E-state index contributed by atoms with van der Waals surface area (Å²) in [5.41, 5.74) is 0.757. The van der Waals surface area contributed by atoms with Gasteiger partial charge in [-0.1, -0.05) is 25.5 Å². The van der Waals surface area contributed by atoms with E-state index in [2.05, 4.69) is 24.8 Å². The van der Waals surface area contributed by atoms with E-state index >= 15 is 0 Å². The van der Waals surface area contributed by atoms with Crippen molar-refractivity contribution in [3.8, 4) is 0 Å². The Morgan fingerprint density at radius 1 is 1.50 bits per heavy atom. The van der Waals surface area contributed by atoms with Crippen molar-refractivity contribution in [3.05, 3.63) is 11.6 Å². The zero-order valence-electron chi connectivity index (χ0n) is 10.8. The summed E-state index contributed by atoms with van der Waals surface area (Å²) in [4.78, 5) is 13.6. The second-order valence-electron chi connectivity index (χ2n) is 5.38. The first-order valence-electron chi connectivity index (χ1n) is 5.97. The molecule has 0 saturated carbocycles. The number of likely N-dealkylation sites (tertiary alicyclic amines) is 1. The fourth-order valence-electron chi connectivity index (χ4n) is 2.28. The van der Waals surface area contributed by atoms with Gasteiger partial charge in [0.25, 0.3) is 0 Å². The third kappa shape index (κ3) is 2.64. The molecule has 1 aliphatic heterocycles. The van der Waals surface area contributed by atoms with Gasteiger partial charge >= 0.3 is 5.97 Å². The molecule has 0 aromatic rings. The van der Waals surface area contributed by atoms with E-state index < -0.39 is 11.4 Å². The van der Waals surface area contributed by atoms with Crippen molar-refractivity contribution in [3.63, 3.8) is 0 Å². The Morgan fingerprint density at radius 2 is 2.12 bits per heavy atom. The molecule has 0 radical (unpaired) electrons. The maximum Gasteiger partial charge on any atom is 0.311 e. The van der Waals surface area contributed by atoms with Gasteiger partial charge in [-0.25, -0.2) is 0 Å². The maximum atomic E-state index is 11.4. The molecule has 1 unspecified atom stereocenters. The molecule has 0 aliphatic carbocycles. The Balaban J connectivity index is 2.68. The minimum absolute atomic E-state index is 0.196. The highest BCUT2D eigenvalue weighted by atomic mass is 16.4. The number of nitrogens with zero attached hydrogens (tertiary/aromatic N) is 1. The standard InChI is InChI=1S/C13H23NO2/c1-10(2)5-7-14-8-6-13(9-14,11(3)4)12(15)16/h5,11H,6-9H2,1-4H3,(H,15,16). The molecule has 0 amide bonds. The topological polar surface area (TPSA) is 40.5 Å². The molecule has 1 atom stereocenters. The first kappa shape index (κ1) is 13.2. The van der Waals surface area contributed by atoms with Crippen molar-refractivity contribution in [2.24, 2.45) is 11.3 Å². The molecule has 3 nitrogen and oxygen atoms in total. The lowest BCUT2D eigenvalue weighted by Gasteiger charge is -2.28. The summed E-state index contributed by atoms with van der Waals surface area (Å²) in [7, 11) is 0. The summed E-state index contributed by atoms with van der Waals surface area (Å²) in [5.74, 6) is -0.441. The molecule has 1 rings (SSSR count). The molecule has 0 aromatic carbocycles. The second-order valence-corrected chi connectivity index (χ2v) is 5.38. The molecular weight excluding hydrogens is 202 g/mol. The normalized spacial score (nSPS) is 26.1. The molecule has 0 bridgehead atoms. The Morgan fingerprint density at radius 3 is 2.50 bits per heavy atom. The Hall–Kier alpha value is -0.830. The molecule has 0 aromatic heterocycles. The summed E-state index contributed by atoms with van der Waals surface area (Å²) >= 11 is 0. The van der Waals surface area contributed by atoms with Gasteiger partial charge in [0.05, 0.1) is 5.41 Å². The van der Waals surface area contributed by atoms with Crippen LogP contribution in [-0.2, 0) is 4.79 Å². The van der Waals surface area contributed by atoms with Gasteiger partial charge in [-0.2, -0.15) is 0 Å². The monoisotopic (exact) mass is 225 g/mol. The van der Waals surface area contributed by atoms with Gasteiger partial charge in [0, 0.05) is 13.1 Å². The Kier molecular flexibility index (Phi) is 4.14. The Labute approximate surface area is 98.1 Å². The van der Waals surface area contributed by atoms with Gasteiger partial charge in [-0.15, -0.1) is 0 Å². The molecule has 1 aliphatic rings. The number of aliphatic carboxylic acids is 1. The van der Waals surface area contributed by atoms with Crippen molar-refractivity contribution in [1.29, 1.82) is 0 Å².